The van der Waals surface area contributed by atoms with Crippen LogP contribution in [0.5, 0.6) is 5.75 Å². The number of aromatic hydroxyl groups is 1. The smallest absolute Gasteiger partial charge is 0.250 e. The summed E-state index contributed by atoms with van der Waals surface area (Å²) in [4.78, 5) is 28.5. The molecule has 0 bridgehead atoms. The van der Waals surface area contributed by atoms with E-state index in [1.54, 1.807) is 53.7 Å². The molecule has 1 aromatic rings. The van der Waals surface area contributed by atoms with E-state index >= 15 is 0 Å². The highest BCUT2D eigenvalue weighted by Crippen LogP contribution is 2.25. The van der Waals surface area contributed by atoms with Gasteiger partial charge in [-0.05, 0) is 19.4 Å². The molecule has 5 nitrogen and oxygen atoms in total. The number of phenols is 1. The molecule has 24 heavy (non-hydrogen) atoms. The highest BCUT2D eigenvalue weighted by molar-refractivity contribution is 7.99. The average Bonchev–Trinajstić information content (AvgIpc) is 3.05. The van der Waals surface area contributed by atoms with Crippen molar-refractivity contribution in [3.63, 3.8) is 0 Å². The molecule has 1 aliphatic rings. The number of thioether (sulfide) groups is 1. The Hall–Kier alpha value is -1.95. The van der Waals surface area contributed by atoms with Crippen LogP contribution in [-0.2, 0) is 16.1 Å². The van der Waals surface area contributed by atoms with E-state index in [9.17, 15) is 14.7 Å². The van der Waals surface area contributed by atoms with Gasteiger partial charge >= 0.3 is 0 Å². The molecule has 0 spiro atoms. The van der Waals surface area contributed by atoms with Gasteiger partial charge in [0.15, 0.2) is 0 Å². The number of allylic oxidation sites excluding steroid dienone is 1. The van der Waals surface area contributed by atoms with Gasteiger partial charge in [-0.15, -0.1) is 11.8 Å². The van der Waals surface area contributed by atoms with Crippen molar-refractivity contribution in [2.45, 2.75) is 32.9 Å². The van der Waals surface area contributed by atoms with Crippen molar-refractivity contribution in [1.29, 1.82) is 0 Å². The van der Waals surface area contributed by atoms with Crippen LogP contribution in [0.4, 0.5) is 0 Å². The molecule has 0 saturated carbocycles. The number of phenolic OH excluding ortho intramolecular Hbond substituents is 1. The highest BCUT2D eigenvalue weighted by atomic mass is 32.2. The minimum absolute atomic E-state index is 0.0730. The predicted molar refractivity (Wildman–Crippen MR) is 96.6 cm³/mol. The molecule has 2 amide bonds. The first-order chi connectivity index (χ1) is 11.5. The van der Waals surface area contributed by atoms with Gasteiger partial charge in [-0.25, -0.2) is 0 Å². The van der Waals surface area contributed by atoms with E-state index in [2.05, 4.69) is 0 Å². The molecule has 1 aromatic carbocycles. The van der Waals surface area contributed by atoms with E-state index in [0.717, 1.165) is 6.42 Å². The third-order valence-corrected chi connectivity index (χ3v) is 5.06. The third-order valence-electron chi connectivity index (χ3n) is 4.05. The highest BCUT2D eigenvalue weighted by Gasteiger charge is 2.36. The monoisotopic (exact) mass is 348 g/mol. The lowest BCUT2D eigenvalue weighted by molar-refractivity contribution is -0.141. The molecule has 1 fully saturated rings. The van der Waals surface area contributed by atoms with Gasteiger partial charge in [-0.1, -0.05) is 31.2 Å². The Bertz CT molecular complexity index is 645. The van der Waals surface area contributed by atoms with Crippen molar-refractivity contribution < 1.29 is 14.7 Å². The van der Waals surface area contributed by atoms with E-state index in [0.29, 0.717) is 29.3 Å². The maximum atomic E-state index is 12.8. The fourth-order valence-electron chi connectivity index (χ4n) is 2.70. The average molecular weight is 348 g/mol. The molecule has 1 atom stereocenters. The summed E-state index contributed by atoms with van der Waals surface area (Å²) in [5.74, 6) is 1.15. The van der Waals surface area contributed by atoms with Crippen molar-refractivity contribution in [3.8, 4) is 5.75 Å². The summed E-state index contributed by atoms with van der Waals surface area (Å²) in [6.45, 7) is 4.10. The molecule has 0 aromatic heterocycles. The topological polar surface area (TPSA) is 60.9 Å². The summed E-state index contributed by atoms with van der Waals surface area (Å²) in [5, 5.41) is 9.86. The minimum atomic E-state index is -0.446. The molecular weight excluding hydrogens is 324 g/mol. The second kappa shape index (κ2) is 8.24. The van der Waals surface area contributed by atoms with Crippen LogP contribution < -0.4 is 0 Å². The summed E-state index contributed by atoms with van der Waals surface area (Å²) < 4.78 is 0. The summed E-state index contributed by atoms with van der Waals surface area (Å²) in [7, 11) is 1.70. The van der Waals surface area contributed by atoms with Gasteiger partial charge in [0, 0.05) is 30.5 Å². The Labute approximate surface area is 147 Å². The van der Waals surface area contributed by atoms with Gasteiger partial charge < -0.3 is 14.9 Å². The quantitative estimate of drug-likeness (QED) is 0.831. The van der Waals surface area contributed by atoms with Crippen molar-refractivity contribution >= 4 is 23.6 Å². The van der Waals surface area contributed by atoms with Crippen LogP contribution in [0.15, 0.2) is 35.9 Å². The van der Waals surface area contributed by atoms with Gasteiger partial charge in [-0.3, -0.25) is 9.59 Å². The Morgan fingerprint density at radius 2 is 2.12 bits per heavy atom. The number of benzene rings is 1. The summed E-state index contributed by atoms with van der Waals surface area (Å²) in [6, 6.07) is 6.52. The molecule has 1 saturated heterocycles. The van der Waals surface area contributed by atoms with Gasteiger partial charge in [0.1, 0.15) is 11.8 Å². The van der Waals surface area contributed by atoms with Crippen LogP contribution in [0, 0.1) is 0 Å². The summed E-state index contributed by atoms with van der Waals surface area (Å²) >= 11 is 1.59. The zero-order valence-electron chi connectivity index (χ0n) is 14.4. The van der Waals surface area contributed by atoms with Crippen molar-refractivity contribution in [1.82, 2.24) is 9.80 Å². The van der Waals surface area contributed by atoms with Crippen LogP contribution >= 0.6 is 11.8 Å². The number of carbonyl (C=O) groups excluding carboxylic acids is 2. The molecular formula is C18H24N2O3S. The van der Waals surface area contributed by atoms with Crippen LogP contribution in [0.1, 0.15) is 25.8 Å². The standard InChI is InChI=1S/C18H24N2O3S/c1-4-7-13(2)17(22)20-12-24-11-15(20)18(23)19(3)10-14-8-5-6-9-16(14)21/h5-9,15,21H,4,10-12H2,1-3H3. The van der Waals surface area contributed by atoms with Gasteiger partial charge in [0.05, 0.1) is 5.88 Å². The first-order valence-electron chi connectivity index (χ1n) is 8.03. The number of hydrogen-bond donors (Lipinski definition) is 1. The normalized spacial score (nSPS) is 17.9. The van der Waals surface area contributed by atoms with Crippen LogP contribution in [0.2, 0.25) is 0 Å². The zero-order chi connectivity index (χ0) is 17.7. The largest absolute Gasteiger partial charge is 0.508 e. The number of hydrogen-bond acceptors (Lipinski definition) is 4. The lowest BCUT2D eigenvalue weighted by Gasteiger charge is -2.27. The number of nitrogens with zero attached hydrogens (tertiary/aromatic N) is 2. The first kappa shape index (κ1) is 18.4. The first-order valence-corrected chi connectivity index (χ1v) is 9.18. The van der Waals surface area contributed by atoms with Crippen LogP contribution in [0.3, 0.4) is 0 Å². The number of amides is 2. The number of likely N-dealkylation sites (N-methyl/N-ethyl adjacent to an activating group) is 1. The lowest BCUT2D eigenvalue weighted by atomic mass is 10.1. The second-order valence-corrected chi connectivity index (χ2v) is 6.91. The predicted octanol–water partition coefficient (Wildman–Crippen LogP) is 2.61. The molecule has 1 N–H and O–H groups in total. The SMILES string of the molecule is CCC=C(C)C(=O)N1CSCC1C(=O)N(C)Cc1ccccc1O. The number of carbonyl (C=O) groups is 2. The van der Waals surface area contributed by atoms with E-state index in [4.69, 9.17) is 0 Å². The molecule has 0 radical (unpaired) electrons. The molecule has 1 heterocycles. The van der Waals surface area contributed by atoms with Crippen molar-refractivity contribution in [2.75, 3.05) is 18.7 Å². The van der Waals surface area contributed by atoms with Crippen molar-refractivity contribution in [2.24, 2.45) is 0 Å². The molecule has 1 aliphatic heterocycles. The van der Waals surface area contributed by atoms with E-state index in [1.165, 1.54) is 0 Å². The van der Waals surface area contributed by atoms with Gasteiger partial charge in [0.2, 0.25) is 5.91 Å². The second-order valence-electron chi connectivity index (χ2n) is 5.91. The molecule has 2 rings (SSSR count). The molecule has 1 unspecified atom stereocenters. The maximum Gasteiger partial charge on any atom is 0.250 e. The Balaban J connectivity index is 2.08. The van der Waals surface area contributed by atoms with Gasteiger partial charge in [0.25, 0.3) is 5.91 Å². The summed E-state index contributed by atoms with van der Waals surface area (Å²) in [6.07, 6.45) is 2.68. The molecule has 0 aliphatic carbocycles. The molecule has 6 heteroatoms. The molecule has 130 valence electrons. The van der Waals surface area contributed by atoms with E-state index in [-0.39, 0.29) is 17.6 Å². The van der Waals surface area contributed by atoms with Gasteiger partial charge in [-0.2, -0.15) is 0 Å². The van der Waals surface area contributed by atoms with Crippen LogP contribution in [-0.4, -0.2) is 51.4 Å². The lowest BCUT2D eigenvalue weighted by Crippen LogP contribution is -2.47. The maximum absolute atomic E-state index is 12.8. The van der Waals surface area contributed by atoms with E-state index < -0.39 is 6.04 Å². The Kier molecular flexibility index (Phi) is 6.31. The van der Waals surface area contributed by atoms with E-state index in [1.807, 2.05) is 19.1 Å². The zero-order valence-corrected chi connectivity index (χ0v) is 15.2. The summed E-state index contributed by atoms with van der Waals surface area (Å²) in [5.41, 5.74) is 1.38. The fraction of sp³-hybridized carbons (Fsp3) is 0.444. The number of rotatable bonds is 5. The third kappa shape index (κ3) is 4.12. The number of para-hydroxylation sites is 1. The Morgan fingerprint density at radius 3 is 2.79 bits per heavy atom. The van der Waals surface area contributed by atoms with Crippen molar-refractivity contribution in [3.05, 3.63) is 41.5 Å². The fourth-order valence-corrected chi connectivity index (χ4v) is 3.84. The Morgan fingerprint density at radius 1 is 1.42 bits per heavy atom. The van der Waals surface area contributed by atoms with Crippen LogP contribution in [0.25, 0.3) is 0 Å². The minimum Gasteiger partial charge on any atom is -0.508 e.